The average molecular weight is 358 g/mol. The first-order chi connectivity index (χ1) is 11.9. The Morgan fingerprint density at radius 3 is 2.28 bits per heavy atom. The molecule has 0 saturated heterocycles. The fraction of sp³-hybridized carbons (Fsp3) is 0.158. The molecule has 0 spiro atoms. The molecule has 0 amide bonds. The van der Waals surface area contributed by atoms with Gasteiger partial charge in [0.05, 0.1) is 4.90 Å². The molecule has 1 heterocycles. The number of aromatic nitrogens is 1. The highest BCUT2D eigenvalue weighted by Crippen LogP contribution is 2.21. The van der Waals surface area contributed by atoms with Gasteiger partial charge < -0.3 is 4.57 Å². The summed E-state index contributed by atoms with van der Waals surface area (Å²) in [6.45, 7) is 4.12. The molecule has 6 heteroatoms. The maximum absolute atomic E-state index is 13.0. The fourth-order valence-electron chi connectivity index (χ4n) is 2.85. The van der Waals surface area contributed by atoms with Gasteiger partial charge in [-0.1, -0.05) is 18.2 Å². The zero-order chi connectivity index (χ0) is 18.0. The molecule has 0 radical (unpaired) electrons. The summed E-state index contributed by atoms with van der Waals surface area (Å²) in [6.07, 6.45) is 0. The highest BCUT2D eigenvalue weighted by Gasteiger charge is 2.16. The SMILES string of the molecule is Cc1cc(CNS(=O)(=O)c2ccc(F)cc2)c(C)n1-c1ccccc1. The predicted octanol–water partition coefficient (Wildman–Crippen LogP) is 3.71. The van der Waals surface area contributed by atoms with Crippen molar-refractivity contribution in [2.45, 2.75) is 25.3 Å². The van der Waals surface area contributed by atoms with E-state index in [4.69, 9.17) is 0 Å². The van der Waals surface area contributed by atoms with Crippen LogP contribution in [-0.4, -0.2) is 13.0 Å². The molecule has 1 aromatic heterocycles. The van der Waals surface area contributed by atoms with E-state index in [2.05, 4.69) is 9.29 Å². The Kier molecular flexibility index (Phi) is 4.74. The monoisotopic (exact) mass is 358 g/mol. The number of hydrogen-bond donors (Lipinski definition) is 1. The van der Waals surface area contributed by atoms with Crippen LogP contribution in [0.15, 0.2) is 65.6 Å². The maximum atomic E-state index is 13.0. The lowest BCUT2D eigenvalue weighted by atomic mass is 10.2. The van der Waals surface area contributed by atoms with Gasteiger partial charge in [0.15, 0.2) is 0 Å². The molecule has 0 aliphatic carbocycles. The smallest absolute Gasteiger partial charge is 0.240 e. The molecular weight excluding hydrogens is 339 g/mol. The van der Waals surface area contributed by atoms with E-state index in [1.165, 1.54) is 12.1 Å². The van der Waals surface area contributed by atoms with Crippen molar-refractivity contribution in [1.82, 2.24) is 9.29 Å². The second-order valence-corrected chi connectivity index (χ2v) is 7.61. The van der Waals surface area contributed by atoms with E-state index in [1.807, 2.05) is 50.2 Å². The number of benzene rings is 2. The minimum atomic E-state index is -3.69. The van der Waals surface area contributed by atoms with Gasteiger partial charge in [0, 0.05) is 23.6 Å². The number of sulfonamides is 1. The lowest BCUT2D eigenvalue weighted by Crippen LogP contribution is -2.23. The minimum Gasteiger partial charge on any atom is -0.318 e. The number of aryl methyl sites for hydroxylation is 1. The summed E-state index contributed by atoms with van der Waals surface area (Å²) in [5.41, 5.74) is 3.93. The Hall–Kier alpha value is -2.44. The third-order valence-electron chi connectivity index (χ3n) is 4.13. The fourth-order valence-corrected chi connectivity index (χ4v) is 3.86. The maximum Gasteiger partial charge on any atom is 0.240 e. The normalized spacial score (nSPS) is 11.6. The third kappa shape index (κ3) is 3.65. The molecule has 0 atom stereocenters. The summed E-state index contributed by atoms with van der Waals surface area (Å²) in [5, 5.41) is 0. The van der Waals surface area contributed by atoms with Gasteiger partial charge in [-0.25, -0.2) is 17.5 Å². The van der Waals surface area contributed by atoms with E-state index in [-0.39, 0.29) is 11.4 Å². The number of nitrogens with one attached hydrogen (secondary N) is 1. The number of nitrogens with zero attached hydrogens (tertiary/aromatic N) is 1. The Bertz CT molecular complexity index is 978. The average Bonchev–Trinajstić information content (AvgIpc) is 2.88. The van der Waals surface area contributed by atoms with Crippen molar-refractivity contribution in [1.29, 1.82) is 0 Å². The van der Waals surface area contributed by atoms with Gasteiger partial charge in [0.2, 0.25) is 10.0 Å². The molecule has 0 unspecified atom stereocenters. The number of hydrogen-bond acceptors (Lipinski definition) is 2. The Morgan fingerprint density at radius 2 is 1.64 bits per heavy atom. The summed E-state index contributed by atoms with van der Waals surface area (Å²) < 4.78 is 42.3. The number of halogens is 1. The number of para-hydroxylation sites is 1. The van der Waals surface area contributed by atoms with Crippen LogP contribution in [0.3, 0.4) is 0 Å². The second-order valence-electron chi connectivity index (χ2n) is 5.85. The highest BCUT2D eigenvalue weighted by atomic mass is 32.2. The molecule has 1 N–H and O–H groups in total. The molecule has 0 saturated carbocycles. The van der Waals surface area contributed by atoms with E-state index in [0.717, 1.165) is 34.8 Å². The van der Waals surface area contributed by atoms with Crippen molar-refractivity contribution in [3.05, 3.63) is 83.4 Å². The van der Waals surface area contributed by atoms with E-state index >= 15 is 0 Å². The third-order valence-corrected chi connectivity index (χ3v) is 5.54. The van der Waals surface area contributed by atoms with Gasteiger partial charge in [0.1, 0.15) is 5.82 Å². The molecule has 25 heavy (non-hydrogen) atoms. The number of rotatable bonds is 5. The molecule has 3 rings (SSSR count). The molecule has 4 nitrogen and oxygen atoms in total. The molecule has 3 aromatic rings. The van der Waals surface area contributed by atoms with Gasteiger partial charge in [-0.15, -0.1) is 0 Å². The Balaban J connectivity index is 1.84. The van der Waals surface area contributed by atoms with E-state index < -0.39 is 15.8 Å². The van der Waals surface area contributed by atoms with Crippen LogP contribution >= 0.6 is 0 Å². The molecule has 0 aliphatic rings. The Morgan fingerprint density at radius 1 is 1.00 bits per heavy atom. The minimum absolute atomic E-state index is 0.0470. The second kappa shape index (κ2) is 6.82. The highest BCUT2D eigenvalue weighted by molar-refractivity contribution is 7.89. The van der Waals surface area contributed by atoms with Crippen LogP contribution in [0.1, 0.15) is 17.0 Å². The quantitative estimate of drug-likeness (QED) is 0.756. The van der Waals surface area contributed by atoms with Crippen molar-refractivity contribution in [3.8, 4) is 5.69 Å². The topological polar surface area (TPSA) is 51.1 Å². The molecule has 130 valence electrons. The first-order valence-corrected chi connectivity index (χ1v) is 9.35. The van der Waals surface area contributed by atoms with Crippen LogP contribution in [0.5, 0.6) is 0 Å². The molecular formula is C19H19FN2O2S. The van der Waals surface area contributed by atoms with Gasteiger partial charge in [-0.05, 0) is 61.9 Å². The summed E-state index contributed by atoms with van der Waals surface area (Å²) in [4.78, 5) is 0.0470. The van der Waals surface area contributed by atoms with Crippen molar-refractivity contribution in [3.63, 3.8) is 0 Å². The van der Waals surface area contributed by atoms with Gasteiger partial charge in [-0.3, -0.25) is 0 Å². The molecule has 2 aromatic carbocycles. The van der Waals surface area contributed by atoms with Crippen LogP contribution in [0.25, 0.3) is 5.69 Å². The summed E-state index contributed by atoms with van der Waals surface area (Å²) in [7, 11) is -3.69. The van der Waals surface area contributed by atoms with Crippen molar-refractivity contribution < 1.29 is 12.8 Å². The molecule has 0 aliphatic heterocycles. The van der Waals surface area contributed by atoms with E-state index in [1.54, 1.807) is 0 Å². The van der Waals surface area contributed by atoms with Crippen LogP contribution in [0.2, 0.25) is 0 Å². The molecule has 0 fully saturated rings. The van der Waals surface area contributed by atoms with Gasteiger partial charge in [-0.2, -0.15) is 0 Å². The van der Waals surface area contributed by atoms with Crippen LogP contribution < -0.4 is 4.72 Å². The zero-order valence-corrected chi connectivity index (χ0v) is 14.8. The summed E-state index contributed by atoms with van der Waals surface area (Å²) in [6, 6.07) is 16.6. The first kappa shape index (κ1) is 17.4. The van der Waals surface area contributed by atoms with Crippen molar-refractivity contribution >= 4 is 10.0 Å². The zero-order valence-electron chi connectivity index (χ0n) is 14.0. The Labute approximate surface area is 147 Å². The predicted molar refractivity (Wildman–Crippen MR) is 95.7 cm³/mol. The van der Waals surface area contributed by atoms with Crippen molar-refractivity contribution in [2.75, 3.05) is 0 Å². The van der Waals surface area contributed by atoms with Crippen LogP contribution in [-0.2, 0) is 16.6 Å². The van der Waals surface area contributed by atoms with Crippen LogP contribution in [0, 0.1) is 19.7 Å². The lowest BCUT2D eigenvalue weighted by Gasteiger charge is -2.10. The van der Waals surface area contributed by atoms with E-state index in [0.29, 0.717) is 0 Å². The van der Waals surface area contributed by atoms with Crippen molar-refractivity contribution in [2.24, 2.45) is 0 Å². The lowest BCUT2D eigenvalue weighted by molar-refractivity contribution is 0.580. The summed E-state index contributed by atoms with van der Waals surface area (Å²) >= 11 is 0. The van der Waals surface area contributed by atoms with E-state index in [9.17, 15) is 12.8 Å². The van der Waals surface area contributed by atoms with Crippen LogP contribution in [0.4, 0.5) is 4.39 Å². The summed E-state index contributed by atoms with van der Waals surface area (Å²) in [5.74, 6) is -0.467. The van der Waals surface area contributed by atoms with Gasteiger partial charge in [0.25, 0.3) is 0 Å². The van der Waals surface area contributed by atoms with Gasteiger partial charge >= 0.3 is 0 Å². The molecule has 0 bridgehead atoms. The standard InChI is InChI=1S/C19H19FN2O2S/c1-14-12-16(15(2)22(14)18-6-4-3-5-7-18)13-21-25(23,24)19-10-8-17(20)9-11-19/h3-12,21H,13H2,1-2H3. The first-order valence-electron chi connectivity index (χ1n) is 7.87. The largest absolute Gasteiger partial charge is 0.318 e.